The second kappa shape index (κ2) is 17.8. The molecule has 14 nitrogen and oxygen atoms in total. The summed E-state index contributed by atoms with van der Waals surface area (Å²) in [5.41, 5.74) is 5.51. The number of phosphoric acid groups is 1. The molecule has 2 fully saturated rings. The van der Waals surface area contributed by atoms with Crippen LogP contribution in [0.15, 0.2) is 0 Å². The van der Waals surface area contributed by atoms with Gasteiger partial charge in [-0.3, -0.25) is 27.7 Å². The molecule has 2 amide bonds. The van der Waals surface area contributed by atoms with Crippen LogP contribution in [0.5, 0.6) is 0 Å². The number of carbonyl (C=O) groups excluding carboxylic acids is 2. The van der Waals surface area contributed by atoms with Gasteiger partial charge in [-0.15, -0.1) is 0 Å². The highest BCUT2D eigenvalue weighted by atomic mass is 32.7. The molecule has 0 bridgehead atoms. The van der Waals surface area contributed by atoms with Crippen LogP contribution in [0.3, 0.4) is 0 Å². The van der Waals surface area contributed by atoms with Gasteiger partial charge in [-0.2, -0.15) is 12.6 Å². The van der Waals surface area contributed by atoms with Crippen molar-refractivity contribution in [2.75, 3.05) is 51.8 Å². The van der Waals surface area contributed by atoms with Gasteiger partial charge in [0.15, 0.2) is 0 Å². The monoisotopic (exact) mass is 651 g/mol. The Morgan fingerprint density at radius 3 is 2.20 bits per heavy atom. The van der Waals surface area contributed by atoms with E-state index < -0.39 is 38.9 Å². The number of rotatable bonds is 19. The van der Waals surface area contributed by atoms with E-state index in [1.807, 2.05) is 0 Å². The summed E-state index contributed by atoms with van der Waals surface area (Å²) in [5, 5.41) is 18.9. The number of aliphatic hydroxyl groups is 2. The number of β-amino-alcohol motifs (C(OH)–C–C–N with tert-alkyl or cyclic N) is 1. The number of likely N-dealkylation sites (tertiary alicyclic amines) is 2. The summed E-state index contributed by atoms with van der Waals surface area (Å²) in [6, 6.07) is -1.23. The zero-order chi connectivity index (χ0) is 29.8. The lowest BCUT2D eigenvalue weighted by Crippen LogP contribution is -2.38. The maximum Gasteiger partial charge on any atom is 0.472 e. The van der Waals surface area contributed by atoms with E-state index in [0.717, 1.165) is 12.8 Å². The summed E-state index contributed by atoms with van der Waals surface area (Å²) in [4.78, 5) is 38.7. The first-order chi connectivity index (χ1) is 18.9. The van der Waals surface area contributed by atoms with Crippen LogP contribution in [0.4, 0.5) is 0 Å². The number of nitrogens with two attached hydrogens (primary N) is 1. The van der Waals surface area contributed by atoms with E-state index in [4.69, 9.17) is 28.9 Å². The summed E-state index contributed by atoms with van der Waals surface area (Å²) in [6.45, 7) is -4.38. The van der Waals surface area contributed by atoms with Gasteiger partial charge >= 0.3 is 14.6 Å². The molecular weight excluding hydrogens is 608 g/mol. The van der Waals surface area contributed by atoms with Crippen LogP contribution in [0.25, 0.3) is 0 Å². The Bertz CT molecular complexity index is 906. The van der Waals surface area contributed by atoms with Gasteiger partial charge in [-0.05, 0) is 44.4 Å². The van der Waals surface area contributed by atoms with E-state index in [1.54, 1.807) is 0 Å². The topological polar surface area (TPSA) is 198 Å². The second-order valence-corrected chi connectivity index (χ2v) is 14.5. The molecule has 2 heterocycles. The lowest BCUT2D eigenvalue weighted by Gasteiger charge is -2.26. The SMILES string of the molecule is NCCCCCC(=O)N1C[C@H](OP(=O)(O)OCC2C[C@@H](O)CN2C(=O)CCCS)CC1COP(=O)(S)OCCO. The highest BCUT2D eigenvalue weighted by Crippen LogP contribution is 2.53. The molecular formula is C22H43N3O11P2S2. The molecule has 0 radical (unpaired) electrons. The highest BCUT2D eigenvalue weighted by Gasteiger charge is 2.42. The minimum Gasteiger partial charge on any atom is -0.394 e. The Morgan fingerprint density at radius 1 is 0.925 bits per heavy atom. The normalized spacial score (nSPS) is 26.1. The minimum absolute atomic E-state index is 0.0253. The van der Waals surface area contributed by atoms with E-state index in [2.05, 4.69) is 24.9 Å². The van der Waals surface area contributed by atoms with Gasteiger partial charge in [0, 0.05) is 25.9 Å². The summed E-state index contributed by atoms with van der Waals surface area (Å²) in [7, 11) is -4.62. The number of amides is 2. The lowest BCUT2D eigenvalue weighted by atomic mass is 10.1. The molecule has 5 N–H and O–H groups in total. The number of phosphoric ester groups is 1. The summed E-state index contributed by atoms with van der Waals surface area (Å²) >= 11 is 7.96. The first-order valence-electron chi connectivity index (χ1n) is 13.4. The molecule has 4 unspecified atom stereocenters. The van der Waals surface area contributed by atoms with Gasteiger partial charge in [-0.25, -0.2) is 9.13 Å². The van der Waals surface area contributed by atoms with Gasteiger partial charge in [-0.1, -0.05) is 18.7 Å². The molecule has 0 aromatic heterocycles. The minimum atomic E-state index is -4.62. The fourth-order valence-electron chi connectivity index (χ4n) is 4.66. The number of hydrogen-bond donors (Lipinski definition) is 6. The zero-order valence-electron chi connectivity index (χ0n) is 22.5. The Kier molecular flexibility index (Phi) is 16.0. The van der Waals surface area contributed by atoms with Crippen LogP contribution in [0, 0.1) is 0 Å². The molecule has 18 heteroatoms. The number of thiol groups is 2. The predicted molar refractivity (Wildman–Crippen MR) is 153 cm³/mol. The van der Waals surface area contributed by atoms with Crippen molar-refractivity contribution in [3.63, 3.8) is 0 Å². The van der Waals surface area contributed by atoms with Gasteiger partial charge in [0.2, 0.25) is 11.8 Å². The summed E-state index contributed by atoms with van der Waals surface area (Å²) < 4.78 is 46.0. The van der Waals surface area contributed by atoms with Gasteiger partial charge in [0.05, 0.1) is 50.7 Å². The predicted octanol–water partition coefficient (Wildman–Crippen LogP) is 1.34. The quantitative estimate of drug-likeness (QED) is 0.0667. The van der Waals surface area contributed by atoms with Crippen LogP contribution in [0.2, 0.25) is 0 Å². The second-order valence-electron chi connectivity index (χ2n) is 9.76. The molecule has 2 saturated heterocycles. The van der Waals surface area contributed by atoms with E-state index in [9.17, 15) is 28.7 Å². The van der Waals surface area contributed by atoms with Crippen molar-refractivity contribution in [3.05, 3.63) is 0 Å². The van der Waals surface area contributed by atoms with Gasteiger partial charge < -0.3 is 30.6 Å². The first kappa shape index (κ1) is 36.0. The fraction of sp³-hybridized carbons (Fsp3) is 0.909. The molecule has 2 rings (SSSR count). The first-order valence-corrected chi connectivity index (χ1v) is 18.2. The van der Waals surface area contributed by atoms with Crippen molar-refractivity contribution in [1.29, 1.82) is 0 Å². The zero-order valence-corrected chi connectivity index (χ0v) is 26.1. The average Bonchev–Trinajstić information content (AvgIpc) is 3.48. The van der Waals surface area contributed by atoms with E-state index >= 15 is 0 Å². The molecule has 2 aliphatic heterocycles. The lowest BCUT2D eigenvalue weighted by molar-refractivity contribution is -0.133. The van der Waals surface area contributed by atoms with Crippen molar-refractivity contribution in [2.45, 2.75) is 75.7 Å². The molecule has 0 aromatic carbocycles. The Labute approximate surface area is 245 Å². The third kappa shape index (κ3) is 12.6. The van der Waals surface area contributed by atoms with E-state index in [-0.39, 0.29) is 77.0 Å². The van der Waals surface area contributed by atoms with Crippen LogP contribution in [-0.2, 0) is 36.8 Å². The number of unbranched alkanes of at least 4 members (excludes halogenated alkanes) is 2. The van der Waals surface area contributed by atoms with Crippen molar-refractivity contribution >= 4 is 51.3 Å². The number of nitrogens with zero attached hydrogens (tertiary/aromatic N) is 2. The van der Waals surface area contributed by atoms with Crippen molar-refractivity contribution in [3.8, 4) is 0 Å². The van der Waals surface area contributed by atoms with Crippen LogP contribution in [0.1, 0.15) is 51.4 Å². The van der Waals surface area contributed by atoms with Crippen LogP contribution < -0.4 is 5.73 Å². The summed E-state index contributed by atoms with van der Waals surface area (Å²) in [6.07, 6.45) is 1.80. The molecule has 0 saturated carbocycles. The number of carbonyl (C=O) groups is 2. The third-order valence-corrected chi connectivity index (χ3v) is 9.57. The largest absolute Gasteiger partial charge is 0.472 e. The fourth-order valence-corrected chi connectivity index (χ4v) is 6.96. The van der Waals surface area contributed by atoms with Gasteiger partial charge in [0.25, 0.3) is 0 Å². The van der Waals surface area contributed by atoms with Crippen molar-refractivity contribution < 1.29 is 51.9 Å². The van der Waals surface area contributed by atoms with Gasteiger partial charge in [0.1, 0.15) is 0 Å². The summed E-state index contributed by atoms with van der Waals surface area (Å²) in [5.74, 6) is 0.104. The molecule has 0 aromatic rings. The standard InChI is InChI=1S/C22H43N3O11P2S2/c23-7-3-1-2-5-21(28)25-14-20(12-18(25)16-35-38(32,40)33-9-8-26)36-37(30,31)34-15-17-11-19(27)13-24(17)22(29)6-4-10-39/h17-20,26-27,39H,1-16,23H2,(H,30,31)(H,32,40)/t17?,18?,19-,20-,38?/m1/s1. The average molecular weight is 652 g/mol. The van der Waals surface area contributed by atoms with E-state index in [1.165, 1.54) is 9.80 Å². The molecule has 0 aliphatic carbocycles. The number of aliphatic hydroxyl groups excluding tert-OH is 2. The van der Waals surface area contributed by atoms with E-state index in [0.29, 0.717) is 25.1 Å². The Balaban J connectivity index is 1.99. The third-order valence-electron chi connectivity index (χ3n) is 6.54. The Hall–Kier alpha value is -0.220. The smallest absolute Gasteiger partial charge is 0.394 e. The van der Waals surface area contributed by atoms with Crippen LogP contribution >= 0.6 is 39.5 Å². The Morgan fingerprint density at radius 2 is 1.55 bits per heavy atom. The van der Waals surface area contributed by atoms with Crippen LogP contribution in [-0.4, -0.2) is 113 Å². The van der Waals surface area contributed by atoms with Crippen molar-refractivity contribution in [2.24, 2.45) is 5.73 Å². The molecule has 0 spiro atoms. The number of hydrogen-bond acceptors (Lipinski definition) is 12. The van der Waals surface area contributed by atoms with Crippen molar-refractivity contribution in [1.82, 2.24) is 9.80 Å². The molecule has 40 heavy (non-hydrogen) atoms. The maximum absolute atomic E-state index is 12.9. The molecule has 2 aliphatic rings. The molecule has 6 atom stereocenters. The maximum atomic E-state index is 12.9. The molecule has 234 valence electrons. The highest BCUT2D eigenvalue weighted by molar-refractivity contribution is 8.44.